The molecule has 1 aromatic heterocycles. The van der Waals surface area contributed by atoms with Crippen molar-refractivity contribution >= 4 is 32.8 Å². The Kier molecular flexibility index (Phi) is 8.78. The number of methoxy groups -OCH3 is 1. The quantitative estimate of drug-likeness (QED) is 0.190. The molecule has 0 unspecified atom stereocenters. The maximum Gasteiger partial charge on any atom is 0.309 e. The third-order valence-electron chi connectivity index (χ3n) is 8.02. The highest BCUT2D eigenvalue weighted by Crippen LogP contribution is 2.51. The molecule has 5 rings (SSSR count). The highest BCUT2D eigenvalue weighted by molar-refractivity contribution is 9.10. The molecule has 0 amide bonds. The molecule has 0 spiro atoms. The SMILES string of the molecule is CCOC(=O)[C@H]1C[C@H]1c1cccc([C@](O)(CCN(C)C)[C@H](c2ccccc2)c2cc3cc(Br)ccc3nc2OC)c1. The van der Waals surface area contributed by atoms with Crippen LogP contribution < -0.4 is 4.74 Å². The van der Waals surface area contributed by atoms with Crippen LogP contribution in [0.1, 0.15) is 53.9 Å². The number of esters is 1. The van der Waals surface area contributed by atoms with E-state index < -0.39 is 11.5 Å². The van der Waals surface area contributed by atoms with Crippen LogP contribution in [0.25, 0.3) is 10.9 Å². The van der Waals surface area contributed by atoms with Crippen molar-refractivity contribution in [2.24, 2.45) is 5.92 Å². The molecule has 4 aromatic rings. The Bertz CT molecular complexity index is 1530. The Hall–Kier alpha value is -3.26. The molecule has 1 aliphatic carbocycles. The van der Waals surface area contributed by atoms with E-state index in [1.807, 2.05) is 75.6 Å². The Morgan fingerprint density at radius 3 is 2.59 bits per heavy atom. The van der Waals surface area contributed by atoms with Gasteiger partial charge in [-0.25, -0.2) is 4.98 Å². The second-order valence-electron chi connectivity index (χ2n) is 11.1. The third-order valence-corrected chi connectivity index (χ3v) is 8.51. The van der Waals surface area contributed by atoms with Crippen LogP contribution in [0.3, 0.4) is 0 Å². The highest BCUT2D eigenvalue weighted by atomic mass is 79.9. The van der Waals surface area contributed by atoms with Gasteiger partial charge in [-0.15, -0.1) is 0 Å². The zero-order valence-electron chi connectivity index (χ0n) is 24.0. The average Bonchev–Trinajstić information content (AvgIpc) is 3.78. The standard InChI is InChI=1S/C34H37BrN2O4/c1-5-41-33(38)28-21-27(28)23-12-9-13-25(18-23)34(39,16-17-37(2)3)31(22-10-7-6-8-11-22)29-20-24-19-26(35)14-15-30(24)36-32(29)40-4/h6-15,18-20,27-28,31,39H,5,16-17,21H2,1-4H3/t27-,28-,31+,34+/m0/s1. The number of rotatable bonds is 11. The second kappa shape index (κ2) is 12.3. The Morgan fingerprint density at radius 1 is 1.10 bits per heavy atom. The minimum atomic E-state index is -1.31. The number of hydrogen-bond donors (Lipinski definition) is 1. The molecule has 41 heavy (non-hydrogen) atoms. The fourth-order valence-corrected chi connectivity index (χ4v) is 6.21. The molecule has 0 aliphatic heterocycles. The van der Waals surface area contributed by atoms with Gasteiger partial charge < -0.3 is 19.5 Å². The molecular weight excluding hydrogens is 580 g/mol. The molecule has 0 bridgehead atoms. The lowest BCUT2D eigenvalue weighted by molar-refractivity contribution is -0.144. The van der Waals surface area contributed by atoms with Gasteiger partial charge in [0.25, 0.3) is 0 Å². The fraction of sp³-hybridized carbons (Fsp3) is 0.353. The minimum absolute atomic E-state index is 0.0940. The summed E-state index contributed by atoms with van der Waals surface area (Å²) in [4.78, 5) is 19.4. The average molecular weight is 618 g/mol. The summed E-state index contributed by atoms with van der Waals surface area (Å²) in [6.45, 7) is 2.87. The summed E-state index contributed by atoms with van der Waals surface area (Å²) in [7, 11) is 5.65. The summed E-state index contributed by atoms with van der Waals surface area (Å²) in [5.41, 5.74) is 3.12. The topological polar surface area (TPSA) is 71.9 Å². The zero-order valence-corrected chi connectivity index (χ0v) is 25.6. The molecule has 0 radical (unpaired) electrons. The first-order valence-electron chi connectivity index (χ1n) is 14.1. The predicted molar refractivity (Wildman–Crippen MR) is 165 cm³/mol. The summed E-state index contributed by atoms with van der Waals surface area (Å²) in [5, 5.41) is 14.0. The summed E-state index contributed by atoms with van der Waals surface area (Å²) in [6, 6.07) is 26.2. The van der Waals surface area contributed by atoms with Crippen molar-refractivity contribution in [1.82, 2.24) is 9.88 Å². The van der Waals surface area contributed by atoms with Gasteiger partial charge >= 0.3 is 5.97 Å². The number of halogens is 1. The molecule has 6 nitrogen and oxygen atoms in total. The van der Waals surface area contributed by atoms with E-state index in [1.54, 1.807) is 7.11 Å². The van der Waals surface area contributed by atoms with Crippen molar-refractivity contribution in [1.29, 1.82) is 0 Å². The van der Waals surface area contributed by atoms with E-state index in [2.05, 4.69) is 45.1 Å². The van der Waals surface area contributed by atoms with Gasteiger partial charge in [0.05, 0.1) is 25.2 Å². The van der Waals surface area contributed by atoms with E-state index in [4.69, 9.17) is 14.5 Å². The van der Waals surface area contributed by atoms with Gasteiger partial charge in [-0.1, -0.05) is 70.5 Å². The van der Waals surface area contributed by atoms with Crippen molar-refractivity contribution in [2.45, 2.75) is 37.2 Å². The molecule has 0 saturated heterocycles. The molecule has 1 fully saturated rings. The van der Waals surface area contributed by atoms with Gasteiger partial charge in [0.2, 0.25) is 5.88 Å². The predicted octanol–water partition coefficient (Wildman–Crippen LogP) is 6.64. The number of ether oxygens (including phenoxy) is 2. The van der Waals surface area contributed by atoms with Crippen LogP contribution in [0.2, 0.25) is 0 Å². The molecule has 1 heterocycles. The van der Waals surface area contributed by atoms with Crippen LogP contribution in [0.4, 0.5) is 0 Å². The maximum atomic E-state index is 13.0. The maximum absolute atomic E-state index is 13.0. The van der Waals surface area contributed by atoms with E-state index in [-0.39, 0.29) is 17.8 Å². The van der Waals surface area contributed by atoms with E-state index in [0.717, 1.165) is 44.1 Å². The molecule has 4 atom stereocenters. The number of benzene rings is 3. The molecule has 1 aliphatic rings. The van der Waals surface area contributed by atoms with E-state index in [9.17, 15) is 9.90 Å². The van der Waals surface area contributed by atoms with Crippen LogP contribution in [-0.4, -0.2) is 55.3 Å². The van der Waals surface area contributed by atoms with Gasteiger partial charge in [0.1, 0.15) is 5.60 Å². The summed E-state index contributed by atoms with van der Waals surface area (Å²) >= 11 is 3.60. The van der Waals surface area contributed by atoms with Gasteiger partial charge in [0, 0.05) is 27.9 Å². The van der Waals surface area contributed by atoms with E-state index in [1.165, 1.54) is 0 Å². The summed E-state index contributed by atoms with van der Waals surface area (Å²) in [5.74, 6) is -0.182. The number of carbonyl (C=O) groups excluding carboxylic acids is 1. The van der Waals surface area contributed by atoms with Gasteiger partial charge in [-0.2, -0.15) is 0 Å². The number of aliphatic hydroxyl groups is 1. The first kappa shape index (κ1) is 29.2. The van der Waals surface area contributed by atoms with E-state index >= 15 is 0 Å². The van der Waals surface area contributed by atoms with Crippen molar-refractivity contribution in [2.75, 3.05) is 34.4 Å². The molecule has 1 N–H and O–H groups in total. The van der Waals surface area contributed by atoms with Crippen LogP contribution >= 0.6 is 15.9 Å². The van der Waals surface area contributed by atoms with Gasteiger partial charge in [-0.05, 0) is 80.7 Å². The number of pyridine rings is 1. The normalized spacial score (nSPS) is 18.6. The Morgan fingerprint density at radius 2 is 1.88 bits per heavy atom. The second-order valence-corrected chi connectivity index (χ2v) is 12.0. The number of fused-ring (bicyclic) bond motifs is 1. The number of hydrogen-bond acceptors (Lipinski definition) is 6. The van der Waals surface area contributed by atoms with Crippen LogP contribution in [0, 0.1) is 5.92 Å². The van der Waals surface area contributed by atoms with Crippen LogP contribution in [0.5, 0.6) is 5.88 Å². The monoisotopic (exact) mass is 616 g/mol. The Balaban J connectivity index is 1.68. The lowest BCUT2D eigenvalue weighted by Crippen LogP contribution is -2.38. The van der Waals surface area contributed by atoms with Crippen molar-refractivity contribution in [3.05, 3.63) is 106 Å². The van der Waals surface area contributed by atoms with Gasteiger partial charge in [-0.3, -0.25) is 4.79 Å². The van der Waals surface area contributed by atoms with Crippen molar-refractivity contribution in [3.63, 3.8) is 0 Å². The van der Waals surface area contributed by atoms with E-state index in [0.29, 0.717) is 25.5 Å². The first-order chi connectivity index (χ1) is 19.7. The minimum Gasteiger partial charge on any atom is -0.481 e. The fourth-order valence-electron chi connectivity index (χ4n) is 5.84. The molecule has 3 aromatic carbocycles. The smallest absolute Gasteiger partial charge is 0.309 e. The largest absolute Gasteiger partial charge is 0.481 e. The third kappa shape index (κ3) is 6.17. The Labute approximate surface area is 250 Å². The number of aromatic nitrogens is 1. The molecule has 1 saturated carbocycles. The molecular formula is C34H37BrN2O4. The highest BCUT2D eigenvalue weighted by Gasteiger charge is 2.47. The summed E-state index contributed by atoms with van der Waals surface area (Å²) in [6.07, 6.45) is 1.23. The first-order valence-corrected chi connectivity index (χ1v) is 14.9. The molecule has 7 heteroatoms. The summed E-state index contributed by atoms with van der Waals surface area (Å²) < 4.78 is 12.1. The van der Waals surface area contributed by atoms with Crippen LogP contribution in [-0.2, 0) is 15.1 Å². The van der Waals surface area contributed by atoms with Crippen molar-refractivity contribution in [3.8, 4) is 5.88 Å². The zero-order chi connectivity index (χ0) is 29.1. The molecule has 214 valence electrons. The number of nitrogens with zero attached hydrogens (tertiary/aromatic N) is 2. The van der Waals surface area contributed by atoms with Gasteiger partial charge in [0.15, 0.2) is 0 Å². The lowest BCUT2D eigenvalue weighted by Gasteiger charge is -2.39. The lowest BCUT2D eigenvalue weighted by atomic mass is 9.71. The van der Waals surface area contributed by atoms with Crippen LogP contribution in [0.15, 0.2) is 83.3 Å². The van der Waals surface area contributed by atoms with Crippen molar-refractivity contribution < 1.29 is 19.4 Å². The number of carbonyl (C=O) groups is 1.